The maximum Gasteiger partial charge on any atom is 0.270 e. The minimum Gasteiger partial charge on any atom is -0.397 e. The molecule has 0 fully saturated rings. The Balaban J connectivity index is 1.93. The van der Waals surface area contributed by atoms with E-state index in [1.807, 2.05) is 30.3 Å². The topological polar surface area (TPSA) is 136 Å². The number of aromatic nitrogens is 1. The number of carbonyl (C=O) groups is 2. The monoisotopic (exact) mass is 357 g/mol. The summed E-state index contributed by atoms with van der Waals surface area (Å²) in [5.74, 6) is -1.04. The highest BCUT2D eigenvalue weighted by Gasteiger charge is 2.25. The Labute approximate surface area is 146 Å². The fraction of sp³-hybridized carbons (Fsp3) is 0.0625. The smallest absolute Gasteiger partial charge is 0.270 e. The van der Waals surface area contributed by atoms with Gasteiger partial charge in [-0.05, 0) is 19.1 Å². The number of anilines is 4. The van der Waals surface area contributed by atoms with Crippen LogP contribution in [0.15, 0.2) is 40.9 Å². The van der Waals surface area contributed by atoms with Gasteiger partial charge in [0.25, 0.3) is 11.8 Å². The number of hydrogen-bond acceptors (Lipinski definition) is 7. The third kappa shape index (κ3) is 3.45. The number of hydrogen-bond donors (Lipinski definition) is 4. The van der Waals surface area contributed by atoms with Crippen LogP contribution in [0.3, 0.4) is 0 Å². The van der Waals surface area contributed by atoms with Crippen molar-refractivity contribution in [1.29, 1.82) is 0 Å². The van der Waals surface area contributed by atoms with E-state index in [1.54, 1.807) is 13.0 Å². The molecule has 0 saturated carbocycles. The number of carbonyl (C=O) groups excluding carboxylic acids is 2. The molecule has 0 unspecified atom stereocenters. The summed E-state index contributed by atoms with van der Waals surface area (Å²) in [6.07, 6.45) is 0. The number of nitrogen functional groups attached to an aromatic ring is 1. The number of amides is 2. The molecule has 25 heavy (non-hydrogen) atoms. The van der Waals surface area contributed by atoms with Crippen molar-refractivity contribution in [1.82, 2.24) is 5.16 Å². The van der Waals surface area contributed by atoms with E-state index in [1.165, 1.54) is 0 Å². The van der Waals surface area contributed by atoms with Crippen molar-refractivity contribution in [2.24, 2.45) is 5.73 Å². The summed E-state index contributed by atoms with van der Waals surface area (Å²) < 4.78 is 4.95. The molecule has 3 aromatic rings. The van der Waals surface area contributed by atoms with Crippen LogP contribution in [0, 0.1) is 6.92 Å². The van der Waals surface area contributed by atoms with Crippen molar-refractivity contribution < 1.29 is 14.1 Å². The van der Waals surface area contributed by atoms with Gasteiger partial charge in [-0.1, -0.05) is 23.4 Å². The summed E-state index contributed by atoms with van der Waals surface area (Å²) in [7, 11) is 0. The average Bonchev–Trinajstić information content (AvgIpc) is 3.11. The number of nitrogens with one attached hydrogen (secondary N) is 2. The molecule has 2 heterocycles. The van der Waals surface area contributed by atoms with Crippen molar-refractivity contribution in [3.8, 4) is 0 Å². The van der Waals surface area contributed by atoms with Crippen LogP contribution >= 0.6 is 11.3 Å². The Hall–Kier alpha value is -3.33. The maximum atomic E-state index is 12.4. The van der Waals surface area contributed by atoms with Crippen LogP contribution in [-0.2, 0) is 0 Å². The molecule has 3 rings (SSSR count). The van der Waals surface area contributed by atoms with Crippen molar-refractivity contribution in [3.63, 3.8) is 0 Å². The molecule has 9 heteroatoms. The number of nitrogens with two attached hydrogens (primary N) is 2. The van der Waals surface area contributed by atoms with Crippen LogP contribution in [0.2, 0.25) is 0 Å². The zero-order valence-electron chi connectivity index (χ0n) is 13.2. The van der Waals surface area contributed by atoms with E-state index in [2.05, 4.69) is 15.8 Å². The lowest BCUT2D eigenvalue weighted by Gasteiger charge is -2.05. The van der Waals surface area contributed by atoms with Gasteiger partial charge in [0.05, 0.1) is 16.9 Å². The van der Waals surface area contributed by atoms with Gasteiger partial charge < -0.3 is 21.3 Å². The van der Waals surface area contributed by atoms with Gasteiger partial charge in [0.1, 0.15) is 9.88 Å². The summed E-state index contributed by atoms with van der Waals surface area (Å²) >= 11 is 1.03. The standard InChI is InChI=1S/C16H15N5O3S/c1-8-7-10(24-21-8)20-15(23)13-12(17)11(14(18)22)16(25-13)19-9-5-3-2-4-6-9/h2-7,19H,17H2,1H3,(H2,18,22)(H,20,23). The van der Waals surface area contributed by atoms with Gasteiger partial charge in [0.2, 0.25) is 5.88 Å². The predicted molar refractivity (Wildman–Crippen MR) is 96.2 cm³/mol. The number of aryl methyl sites for hydroxylation is 1. The largest absolute Gasteiger partial charge is 0.397 e. The van der Waals surface area contributed by atoms with E-state index >= 15 is 0 Å². The number of nitrogens with zero attached hydrogens (tertiary/aromatic N) is 1. The van der Waals surface area contributed by atoms with Gasteiger partial charge in [-0.15, -0.1) is 11.3 Å². The number of benzene rings is 1. The summed E-state index contributed by atoms with van der Waals surface area (Å²) in [5, 5.41) is 9.69. The summed E-state index contributed by atoms with van der Waals surface area (Å²) in [6.45, 7) is 1.73. The molecule has 0 atom stereocenters. The zero-order chi connectivity index (χ0) is 18.0. The Morgan fingerprint density at radius 3 is 2.56 bits per heavy atom. The second-order valence-corrected chi connectivity index (χ2v) is 6.21. The van der Waals surface area contributed by atoms with Crippen molar-refractivity contribution in [3.05, 3.63) is 52.5 Å². The van der Waals surface area contributed by atoms with Crippen LogP contribution in [0.1, 0.15) is 25.7 Å². The van der Waals surface area contributed by atoms with Gasteiger partial charge in [-0.3, -0.25) is 14.9 Å². The Morgan fingerprint density at radius 1 is 1.24 bits per heavy atom. The normalized spacial score (nSPS) is 10.4. The molecule has 2 amide bonds. The Morgan fingerprint density at radius 2 is 1.96 bits per heavy atom. The van der Waals surface area contributed by atoms with Crippen molar-refractivity contribution >= 4 is 45.4 Å². The quantitative estimate of drug-likeness (QED) is 0.554. The number of primary amides is 1. The molecule has 0 saturated heterocycles. The lowest BCUT2D eigenvalue weighted by Crippen LogP contribution is -2.16. The molecule has 8 nitrogen and oxygen atoms in total. The molecule has 0 spiro atoms. The summed E-state index contributed by atoms with van der Waals surface area (Å²) in [6, 6.07) is 10.7. The van der Waals surface area contributed by atoms with Crippen LogP contribution in [0.25, 0.3) is 0 Å². The minimum absolute atomic E-state index is 0.0182. The highest BCUT2D eigenvalue weighted by atomic mass is 32.1. The van der Waals surface area contributed by atoms with Crippen molar-refractivity contribution in [2.45, 2.75) is 6.92 Å². The first-order valence-electron chi connectivity index (χ1n) is 7.24. The first kappa shape index (κ1) is 16.5. The molecule has 0 aliphatic rings. The van der Waals surface area contributed by atoms with Crippen LogP contribution in [0.5, 0.6) is 0 Å². The van der Waals surface area contributed by atoms with Gasteiger partial charge in [-0.2, -0.15) is 0 Å². The molecule has 6 N–H and O–H groups in total. The first-order chi connectivity index (χ1) is 12.0. The summed E-state index contributed by atoms with van der Waals surface area (Å²) in [4.78, 5) is 24.4. The van der Waals surface area contributed by atoms with Gasteiger partial charge in [0.15, 0.2) is 0 Å². The molecule has 0 radical (unpaired) electrons. The highest BCUT2D eigenvalue weighted by molar-refractivity contribution is 7.19. The molecule has 0 bridgehead atoms. The van der Waals surface area contributed by atoms with Crippen LogP contribution < -0.4 is 22.1 Å². The maximum absolute atomic E-state index is 12.4. The van der Waals surface area contributed by atoms with E-state index in [0.717, 1.165) is 17.0 Å². The van der Waals surface area contributed by atoms with Gasteiger partial charge >= 0.3 is 0 Å². The molecule has 2 aromatic heterocycles. The fourth-order valence-corrected chi connectivity index (χ4v) is 3.23. The van der Waals surface area contributed by atoms with E-state index < -0.39 is 11.8 Å². The lowest BCUT2D eigenvalue weighted by atomic mass is 10.2. The molecular weight excluding hydrogens is 342 g/mol. The molecule has 1 aromatic carbocycles. The third-order valence-corrected chi connectivity index (χ3v) is 4.41. The van der Waals surface area contributed by atoms with Crippen LogP contribution in [-0.4, -0.2) is 17.0 Å². The first-order valence-corrected chi connectivity index (χ1v) is 8.06. The molecular formula is C16H15N5O3S. The number of rotatable bonds is 5. The second kappa shape index (κ2) is 6.65. The third-order valence-electron chi connectivity index (χ3n) is 3.29. The van der Waals surface area contributed by atoms with Gasteiger partial charge in [0, 0.05) is 11.8 Å². The summed E-state index contributed by atoms with van der Waals surface area (Å²) in [5.41, 5.74) is 12.9. The fourth-order valence-electron chi connectivity index (χ4n) is 2.19. The number of para-hydroxylation sites is 1. The second-order valence-electron chi connectivity index (χ2n) is 5.19. The Kier molecular flexibility index (Phi) is 4.40. The Bertz CT molecular complexity index is 933. The lowest BCUT2D eigenvalue weighted by molar-refractivity contribution is 0.100. The molecule has 0 aliphatic carbocycles. The SMILES string of the molecule is Cc1cc(NC(=O)c2sc(Nc3ccccc3)c(C(N)=O)c2N)on1. The predicted octanol–water partition coefficient (Wildman–Crippen LogP) is 2.72. The molecule has 0 aliphatic heterocycles. The molecule has 128 valence electrons. The average molecular weight is 357 g/mol. The van der Waals surface area contributed by atoms with E-state index in [-0.39, 0.29) is 22.0 Å². The van der Waals surface area contributed by atoms with E-state index in [9.17, 15) is 9.59 Å². The zero-order valence-corrected chi connectivity index (χ0v) is 14.0. The van der Waals surface area contributed by atoms with Gasteiger partial charge in [-0.25, -0.2) is 0 Å². The van der Waals surface area contributed by atoms with E-state index in [0.29, 0.717) is 10.7 Å². The van der Waals surface area contributed by atoms with E-state index in [4.69, 9.17) is 16.0 Å². The van der Waals surface area contributed by atoms with Crippen LogP contribution in [0.4, 0.5) is 22.3 Å². The van der Waals surface area contributed by atoms with Crippen molar-refractivity contribution in [2.75, 3.05) is 16.4 Å². The minimum atomic E-state index is -0.721. The highest BCUT2D eigenvalue weighted by Crippen LogP contribution is 2.37. The number of thiophene rings is 1.